The molecule has 0 aliphatic heterocycles. The van der Waals surface area contributed by atoms with Crippen molar-refractivity contribution in [1.29, 1.82) is 0 Å². The minimum absolute atomic E-state index is 0.0848. The summed E-state index contributed by atoms with van der Waals surface area (Å²) in [5.41, 5.74) is 5.19. The molecule has 5 rings (SSSR count). The quantitative estimate of drug-likeness (QED) is 0.302. The molecule has 1 saturated carbocycles. The van der Waals surface area contributed by atoms with Gasteiger partial charge in [0.05, 0.1) is 6.54 Å². The third-order valence-electron chi connectivity index (χ3n) is 8.20. The maximum atomic E-state index is 14.1. The topological polar surface area (TPSA) is 94.3 Å². The van der Waals surface area contributed by atoms with Crippen molar-refractivity contribution in [2.24, 2.45) is 5.41 Å². The zero-order valence-electron chi connectivity index (χ0n) is 22.9. The molecule has 0 amide bonds. The van der Waals surface area contributed by atoms with Crippen molar-refractivity contribution in [2.45, 2.75) is 91.1 Å². The third kappa shape index (κ3) is 5.35. The van der Waals surface area contributed by atoms with Gasteiger partial charge in [-0.15, -0.1) is 10.2 Å². The van der Waals surface area contributed by atoms with E-state index in [1.54, 1.807) is 6.20 Å². The number of hydrogen-bond donors (Lipinski definition) is 1. The number of pyridine rings is 1. The molecule has 0 saturated heterocycles. The van der Waals surface area contributed by atoms with Crippen LogP contribution in [0.25, 0.3) is 22.5 Å². The lowest BCUT2D eigenvalue weighted by atomic mass is 9.75. The average Bonchev–Trinajstić information content (AvgIpc) is 3.55. The summed E-state index contributed by atoms with van der Waals surface area (Å²) in [5.74, 6) is 0.543. The maximum Gasteiger partial charge on any atom is 0.328 e. The van der Waals surface area contributed by atoms with Gasteiger partial charge in [-0.05, 0) is 59.1 Å². The summed E-state index contributed by atoms with van der Waals surface area (Å²) in [7, 11) is 0. The number of unbranched alkanes of at least 4 members (excludes halogenated alkanes) is 1. The lowest BCUT2D eigenvalue weighted by molar-refractivity contribution is 0.162. The van der Waals surface area contributed by atoms with Crippen LogP contribution in [-0.2, 0) is 13.0 Å². The number of aromatic amines is 1. The van der Waals surface area contributed by atoms with Crippen LogP contribution < -0.4 is 5.69 Å². The minimum atomic E-state index is 0.0848. The second-order valence-electron chi connectivity index (χ2n) is 11.3. The van der Waals surface area contributed by atoms with E-state index in [2.05, 4.69) is 63.2 Å². The standard InChI is InChI=1S/C30H39N7O/c1-4-5-12-23-21-37(27-15-8-6-7-11-17-30(27,2)3)29(38)36(23)20-22-19-31-18-16-24(22)25-13-9-10-14-26(25)28-32-34-35-33-28/h9-10,13-14,16,18-19,21,27H,4-8,11-12,15,17,20H2,1-3H3,(H,32,33,34,35). The fourth-order valence-corrected chi connectivity index (χ4v) is 6.02. The Labute approximate surface area is 224 Å². The van der Waals surface area contributed by atoms with Gasteiger partial charge in [0.1, 0.15) is 0 Å². The predicted octanol–water partition coefficient (Wildman–Crippen LogP) is 6.20. The third-order valence-corrected chi connectivity index (χ3v) is 8.20. The molecule has 0 bridgehead atoms. The van der Waals surface area contributed by atoms with E-state index in [0.29, 0.717) is 12.4 Å². The van der Waals surface area contributed by atoms with Crippen molar-refractivity contribution < 1.29 is 0 Å². The van der Waals surface area contributed by atoms with Crippen molar-refractivity contribution in [3.63, 3.8) is 0 Å². The largest absolute Gasteiger partial charge is 0.328 e. The van der Waals surface area contributed by atoms with E-state index in [4.69, 9.17) is 0 Å². The van der Waals surface area contributed by atoms with Crippen molar-refractivity contribution in [3.8, 4) is 22.5 Å². The Morgan fingerprint density at radius 3 is 2.66 bits per heavy atom. The van der Waals surface area contributed by atoms with Gasteiger partial charge in [0.25, 0.3) is 0 Å². The van der Waals surface area contributed by atoms with Gasteiger partial charge in [0.15, 0.2) is 0 Å². The number of aromatic nitrogens is 7. The van der Waals surface area contributed by atoms with Gasteiger partial charge in [0, 0.05) is 35.9 Å². The molecule has 1 unspecified atom stereocenters. The van der Waals surface area contributed by atoms with Gasteiger partial charge in [-0.1, -0.05) is 77.1 Å². The van der Waals surface area contributed by atoms with Crippen LogP contribution in [-0.4, -0.2) is 34.7 Å². The highest BCUT2D eigenvalue weighted by atomic mass is 16.1. The minimum Gasteiger partial charge on any atom is -0.295 e. The monoisotopic (exact) mass is 513 g/mol. The Hall–Kier alpha value is -3.55. The Morgan fingerprint density at radius 2 is 1.87 bits per heavy atom. The second-order valence-corrected chi connectivity index (χ2v) is 11.3. The van der Waals surface area contributed by atoms with Crippen molar-refractivity contribution in [3.05, 3.63) is 70.7 Å². The molecule has 8 heteroatoms. The molecule has 200 valence electrons. The van der Waals surface area contributed by atoms with E-state index in [-0.39, 0.29) is 17.1 Å². The van der Waals surface area contributed by atoms with Crippen LogP contribution in [0.2, 0.25) is 0 Å². The first-order valence-electron chi connectivity index (χ1n) is 14.1. The molecule has 1 aromatic carbocycles. The molecule has 1 aliphatic rings. The van der Waals surface area contributed by atoms with Gasteiger partial charge in [0.2, 0.25) is 5.82 Å². The number of tetrazole rings is 1. The molecule has 8 nitrogen and oxygen atoms in total. The van der Waals surface area contributed by atoms with Crippen LogP contribution in [0.4, 0.5) is 0 Å². The number of nitrogens with zero attached hydrogens (tertiary/aromatic N) is 6. The molecule has 1 aliphatic carbocycles. The number of benzene rings is 1. The van der Waals surface area contributed by atoms with Crippen LogP contribution in [0.5, 0.6) is 0 Å². The summed E-state index contributed by atoms with van der Waals surface area (Å²) in [4.78, 5) is 18.6. The number of aryl methyl sites for hydroxylation is 1. The highest BCUT2D eigenvalue weighted by Gasteiger charge is 2.33. The molecule has 0 radical (unpaired) electrons. The number of nitrogens with one attached hydrogen (secondary N) is 1. The fraction of sp³-hybridized carbons (Fsp3) is 0.500. The summed E-state index contributed by atoms with van der Waals surface area (Å²) >= 11 is 0. The van der Waals surface area contributed by atoms with Gasteiger partial charge in [-0.2, -0.15) is 5.21 Å². The van der Waals surface area contributed by atoms with E-state index >= 15 is 0 Å². The zero-order valence-corrected chi connectivity index (χ0v) is 22.9. The van der Waals surface area contributed by atoms with E-state index < -0.39 is 0 Å². The van der Waals surface area contributed by atoms with Crippen LogP contribution >= 0.6 is 0 Å². The number of rotatable bonds is 8. The second kappa shape index (κ2) is 11.5. The van der Waals surface area contributed by atoms with Crippen molar-refractivity contribution in [1.82, 2.24) is 34.7 Å². The van der Waals surface area contributed by atoms with E-state index in [1.807, 2.05) is 35.0 Å². The molecule has 4 aromatic rings. The van der Waals surface area contributed by atoms with E-state index in [9.17, 15) is 4.79 Å². The van der Waals surface area contributed by atoms with Crippen LogP contribution in [0.1, 0.15) is 89.4 Å². The SMILES string of the molecule is CCCCc1cn(C2CCCCCCC2(C)C)c(=O)n1Cc1cnccc1-c1ccccc1-c1nn[nH]n1. The smallest absolute Gasteiger partial charge is 0.295 e. The number of imidazole rings is 1. The average molecular weight is 514 g/mol. The fourth-order valence-electron chi connectivity index (χ4n) is 6.02. The summed E-state index contributed by atoms with van der Waals surface area (Å²) in [6, 6.07) is 10.3. The lowest BCUT2D eigenvalue weighted by Gasteiger charge is -2.36. The summed E-state index contributed by atoms with van der Waals surface area (Å²) in [6.45, 7) is 7.35. The first-order valence-corrected chi connectivity index (χ1v) is 14.1. The normalized spacial score (nSPS) is 17.7. The molecule has 38 heavy (non-hydrogen) atoms. The zero-order chi connectivity index (χ0) is 26.5. The van der Waals surface area contributed by atoms with Crippen molar-refractivity contribution in [2.75, 3.05) is 0 Å². The Bertz CT molecular complexity index is 1400. The number of H-pyrrole nitrogens is 1. The highest BCUT2D eigenvalue weighted by Crippen LogP contribution is 2.41. The molecule has 1 N–H and O–H groups in total. The predicted molar refractivity (Wildman–Crippen MR) is 150 cm³/mol. The Kier molecular flexibility index (Phi) is 7.86. The molecule has 3 heterocycles. The molecular formula is C30H39N7O. The molecular weight excluding hydrogens is 474 g/mol. The first kappa shape index (κ1) is 26.1. The van der Waals surface area contributed by atoms with Crippen LogP contribution in [0.3, 0.4) is 0 Å². The number of hydrogen-bond acceptors (Lipinski definition) is 5. The first-order chi connectivity index (χ1) is 18.5. The molecule has 0 spiro atoms. The van der Waals surface area contributed by atoms with Gasteiger partial charge in [-0.3, -0.25) is 14.1 Å². The van der Waals surface area contributed by atoms with Gasteiger partial charge >= 0.3 is 5.69 Å². The van der Waals surface area contributed by atoms with Gasteiger partial charge in [-0.25, -0.2) is 4.79 Å². The van der Waals surface area contributed by atoms with Crippen molar-refractivity contribution >= 4 is 0 Å². The Balaban J connectivity index is 1.57. The highest BCUT2D eigenvalue weighted by molar-refractivity contribution is 5.81. The Morgan fingerprint density at radius 1 is 1.05 bits per heavy atom. The van der Waals surface area contributed by atoms with Crippen LogP contribution in [0, 0.1) is 5.41 Å². The lowest BCUT2D eigenvalue weighted by Crippen LogP contribution is -2.36. The van der Waals surface area contributed by atoms with Gasteiger partial charge < -0.3 is 0 Å². The molecule has 1 fully saturated rings. The summed E-state index contributed by atoms with van der Waals surface area (Å²) < 4.78 is 4.06. The maximum absolute atomic E-state index is 14.1. The molecule has 1 atom stereocenters. The van der Waals surface area contributed by atoms with E-state index in [0.717, 1.165) is 60.1 Å². The summed E-state index contributed by atoms with van der Waals surface area (Å²) in [6.07, 6.45) is 16.0. The molecule has 3 aromatic heterocycles. The van der Waals surface area contributed by atoms with E-state index in [1.165, 1.54) is 25.7 Å². The van der Waals surface area contributed by atoms with Crippen LogP contribution in [0.15, 0.2) is 53.7 Å². The summed E-state index contributed by atoms with van der Waals surface area (Å²) in [5, 5.41) is 14.7.